The molecule has 0 spiro atoms. The first-order valence-corrected chi connectivity index (χ1v) is 10.1. The summed E-state index contributed by atoms with van der Waals surface area (Å²) in [4.78, 5) is 28.6. The summed E-state index contributed by atoms with van der Waals surface area (Å²) < 4.78 is 15.9. The van der Waals surface area contributed by atoms with Crippen LogP contribution in [0.25, 0.3) is 0 Å². The van der Waals surface area contributed by atoms with Crippen molar-refractivity contribution in [2.24, 2.45) is 0 Å². The molecule has 2 fully saturated rings. The lowest BCUT2D eigenvalue weighted by molar-refractivity contribution is -0.129. The predicted molar refractivity (Wildman–Crippen MR) is 100 cm³/mol. The smallest absolute Gasteiger partial charge is 0.417 e. The number of amides is 2. The van der Waals surface area contributed by atoms with Crippen molar-refractivity contribution in [2.45, 2.75) is 56.7 Å². The van der Waals surface area contributed by atoms with Crippen LogP contribution in [0.2, 0.25) is 0 Å². The molecule has 9 heteroatoms. The van der Waals surface area contributed by atoms with Gasteiger partial charge >= 0.3 is 6.09 Å². The number of nitrogens with zero attached hydrogens (tertiary/aromatic N) is 2. The van der Waals surface area contributed by atoms with E-state index in [0.717, 1.165) is 0 Å². The van der Waals surface area contributed by atoms with E-state index in [1.54, 1.807) is 0 Å². The second-order valence-corrected chi connectivity index (χ2v) is 8.48. The molecule has 0 aromatic carbocycles. The van der Waals surface area contributed by atoms with Crippen molar-refractivity contribution in [2.75, 3.05) is 32.6 Å². The maximum absolute atomic E-state index is 13.1. The molecule has 7 nitrogen and oxygen atoms in total. The maximum Gasteiger partial charge on any atom is 0.417 e. The minimum absolute atomic E-state index is 0.132. The molecular formula is C16H29N2O5PS. The average Bonchev–Trinajstić information content (AvgIpc) is 3.07. The highest BCUT2D eigenvalue weighted by Gasteiger charge is 2.44. The highest BCUT2D eigenvalue weighted by molar-refractivity contribution is 8.00. The zero-order chi connectivity index (χ0) is 18.6. The van der Waals surface area contributed by atoms with Crippen LogP contribution in [0.15, 0.2) is 0 Å². The first-order valence-electron chi connectivity index (χ1n) is 8.61. The molecule has 2 saturated heterocycles. The summed E-state index contributed by atoms with van der Waals surface area (Å²) >= 11 is 1.53. The molecule has 144 valence electrons. The van der Waals surface area contributed by atoms with Crippen molar-refractivity contribution in [1.82, 2.24) is 9.80 Å². The Balaban J connectivity index is 2.09. The Morgan fingerprint density at radius 3 is 2.72 bits per heavy atom. The molecule has 0 saturated carbocycles. The average molecular weight is 392 g/mol. The Hall–Kier alpha value is -0.400. The Bertz CT molecular complexity index is 493. The number of cyclic esters (lactones) is 1. The highest BCUT2D eigenvalue weighted by Crippen LogP contribution is 2.31. The fourth-order valence-corrected chi connectivity index (χ4v) is 4.47. The van der Waals surface area contributed by atoms with E-state index in [2.05, 4.69) is 14.4 Å². The van der Waals surface area contributed by atoms with Crippen LogP contribution in [0, 0.1) is 0 Å². The van der Waals surface area contributed by atoms with Crippen molar-refractivity contribution >= 4 is 33.2 Å². The monoisotopic (exact) mass is 392 g/mol. The normalized spacial score (nSPS) is 27.6. The number of likely N-dealkylation sites (N-methyl/N-ethyl adjacent to an activating group) is 1. The molecule has 2 amide bonds. The van der Waals surface area contributed by atoms with E-state index in [4.69, 9.17) is 14.0 Å². The number of imide groups is 1. The molecule has 0 aromatic rings. The van der Waals surface area contributed by atoms with Crippen molar-refractivity contribution in [1.29, 1.82) is 0 Å². The summed E-state index contributed by atoms with van der Waals surface area (Å²) in [5.41, 5.74) is -0.343. The third-order valence-corrected chi connectivity index (χ3v) is 6.41. The zero-order valence-corrected chi connectivity index (χ0v) is 17.4. The number of carbonyl (C=O) groups is 2. The van der Waals surface area contributed by atoms with E-state index < -0.39 is 6.09 Å². The second-order valence-electron chi connectivity index (χ2n) is 6.84. The highest BCUT2D eigenvalue weighted by atomic mass is 32.2. The van der Waals surface area contributed by atoms with Gasteiger partial charge in [-0.2, -0.15) is 0 Å². The van der Waals surface area contributed by atoms with E-state index in [0.29, 0.717) is 31.8 Å². The van der Waals surface area contributed by atoms with Gasteiger partial charge in [0.25, 0.3) is 0 Å². The van der Waals surface area contributed by atoms with Crippen LogP contribution in [0.5, 0.6) is 0 Å². The molecular weight excluding hydrogens is 363 g/mol. The van der Waals surface area contributed by atoms with Gasteiger partial charge in [0.2, 0.25) is 5.91 Å². The fraction of sp³-hybridized carbons (Fsp3) is 0.875. The third kappa shape index (κ3) is 4.86. The Morgan fingerprint density at radius 2 is 2.16 bits per heavy atom. The predicted octanol–water partition coefficient (Wildman–Crippen LogP) is 2.11. The van der Waals surface area contributed by atoms with E-state index in [9.17, 15) is 9.59 Å². The largest absolute Gasteiger partial charge is 0.447 e. The van der Waals surface area contributed by atoms with E-state index in [1.807, 2.05) is 27.8 Å². The Morgan fingerprint density at radius 1 is 1.44 bits per heavy atom. The second kappa shape index (κ2) is 9.00. The molecule has 0 aliphatic carbocycles. The molecule has 2 aliphatic heterocycles. The van der Waals surface area contributed by atoms with Crippen LogP contribution >= 0.6 is 21.2 Å². The number of hydrogen-bond donors (Lipinski definition) is 0. The number of carbonyl (C=O) groups excluding carboxylic acids is 2. The standard InChI is InChI=1S/C16H29N2O5PS/c1-5-11-9-21-15(20)18(11)14(19)13(25-7-6-23-24)8-12-10-22-16(2,3)17(12)4/h11-13H,5-10,24H2,1-4H3/t11-,12-,13-/m0/s1. The molecule has 2 aliphatic rings. The molecule has 2 rings (SSSR count). The number of hydrogen-bond acceptors (Lipinski definition) is 7. The summed E-state index contributed by atoms with van der Waals surface area (Å²) in [5, 5.41) is -0.329. The third-order valence-electron chi connectivity index (χ3n) is 4.98. The van der Waals surface area contributed by atoms with Gasteiger partial charge in [-0.1, -0.05) is 6.92 Å². The van der Waals surface area contributed by atoms with Gasteiger partial charge in [-0.05, 0) is 33.7 Å². The molecule has 0 bridgehead atoms. The maximum atomic E-state index is 13.1. The first kappa shape index (κ1) is 20.9. The summed E-state index contributed by atoms with van der Waals surface area (Å²) in [6, 6.07) is -0.0397. The quantitative estimate of drug-likeness (QED) is 0.463. The summed E-state index contributed by atoms with van der Waals surface area (Å²) in [5.74, 6) is 0.515. The number of rotatable bonds is 8. The lowest BCUT2D eigenvalue weighted by atomic mass is 10.1. The van der Waals surface area contributed by atoms with E-state index in [1.165, 1.54) is 16.7 Å². The zero-order valence-electron chi connectivity index (χ0n) is 15.4. The SMILES string of the molecule is CC[C@H]1COC(=O)N1C(=O)[C@H](C[C@H]1COC(C)(C)N1C)SCCOP. The van der Waals surface area contributed by atoms with Gasteiger partial charge in [-0.3, -0.25) is 9.69 Å². The van der Waals surface area contributed by atoms with Crippen molar-refractivity contribution in [3.05, 3.63) is 0 Å². The lowest BCUT2D eigenvalue weighted by Gasteiger charge is -2.31. The van der Waals surface area contributed by atoms with Gasteiger partial charge in [-0.25, -0.2) is 9.69 Å². The number of ether oxygens (including phenoxy) is 2. The van der Waals surface area contributed by atoms with E-state index >= 15 is 0 Å². The molecule has 1 unspecified atom stereocenters. The molecule has 2 heterocycles. The van der Waals surface area contributed by atoms with Crippen molar-refractivity contribution in [3.63, 3.8) is 0 Å². The van der Waals surface area contributed by atoms with Gasteiger partial charge < -0.3 is 14.0 Å². The van der Waals surface area contributed by atoms with Crippen LogP contribution in [0.1, 0.15) is 33.6 Å². The van der Waals surface area contributed by atoms with Crippen LogP contribution < -0.4 is 0 Å². The molecule has 0 N–H and O–H groups in total. The Kier molecular flexibility index (Phi) is 7.52. The van der Waals surface area contributed by atoms with Crippen LogP contribution in [-0.4, -0.2) is 77.5 Å². The molecule has 25 heavy (non-hydrogen) atoms. The van der Waals surface area contributed by atoms with Crippen LogP contribution in [0.4, 0.5) is 4.79 Å². The first-order chi connectivity index (χ1) is 11.8. The minimum atomic E-state index is -0.527. The summed E-state index contributed by atoms with van der Waals surface area (Å²) in [6.45, 7) is 7.39. The molecule has 4 atom stereocenters. The lowest BCUT2D eigenvalue weighted by Crippen LogP contribution is -2.47. The van der Waals surface area contributed by atoms with Gasteiger partial charge in [-0.15, -0.1) is 11.8 Å². The number of thioether (sulfide) groups is 1. The Labute approximate surface area is 156 Å². The van der Waals surface area contributed by atoms with Crippen molar-refractivity contribution in [3.8, 4) is 0 Å². The van der Waals surface area contributed by atoms with Crippen LogP contribution in [-0.2, 0) is 18.8 Å². The topological polar surface area (TPSA) is 68.3 Å². The minimum Gasteiger partial charge on any atom is -0.447 e. The van der Waals surface area contributed by atoms with Crippen molar-refractivity contribution < 1.29 is 23.6 Å². The van der Waals surface area contributed by atoms with Gasteiger partial charge in [0.1, 0.15) is 12.3 Å². The summed E-state index contributed by atoms with van der Waals surface area (Å²) in [6.07, 6.45) is 0.796. The van der Waals surface area contributed by atoms with E-state index in [-0.39, 0.29) is 35.6 Å². The summed E-state index contributed by atoms with van der Waals surface area (Å²) in [7, 11) is 4.23. The molecule has 0 radical (unpaired) electrons. The van der Waals surface area contributed by atoms with Crippen LogP contribution in [0.3, 0.4) is 0 Å². The van der Waals surface area contributed by atoms with Gasteiger partial charge in [0.05, 0.1) is 24.5 Å². The van der Waals surface area contributed by atoms with Gasteiger partial charge in [0.15, 0.2) is 0 Å². The fourth-order valence-electron chi connectivity index (χ4n) is 3.09. The van der Waals surface area contributed by atoms with Gasteiger partial charge in [0, 0.05) is 21.3 Å². The molecule has 0 aromatic heterocycles.